The maximum absolute atomic E-state index is 13.1. The van der Waals surface area contributed by atoms with Crippen LogP contribution in [0.1, 0.15) is 16.1 Å². The molecule has 1 aliphatic heterocycles. The molecule has 0 atom stereocenters. The summed E-state index contributed by atoms with van der Waals surface area (Å²) in [4.78, 5) is 23.7. The third kappa shape index (κ3) is 5.68. The highest BCUT2D eigenvalue weighted by atomic mass is 35.5. The predicted molar refractivity (Wildman–Crippen MR) is 159 cm³/mol. The zero-order valence-corrected chi connectivity index (χ0v) is 23.0. The second kappa shape index (κ2) is 11.6. The first-order valence-corrected chi connectivity index (χ1v) is 14.3. The Labute approximate surface area is 236 Å². The number of nitrogens with one attached hydrogen (secondary N) is 1. The van der Waals surface area contributed by atoms with Gasteiger partial charge in [-0.05, 0) is 55.4 Å². The van der Waals surface area contributed by atoms with E-state index in [0.717, 1.165) is 66.3 Å². The fraction of sp³-hybridized carbons (Fsp3) is 0.233. The first-order chi connectivity index (χ1) is 19.2. The van der Waals surface area contributed by atoms with E-state index in [4.69, 9.17) is 16.7 Å². The minimum Gasteiger partial charge on any atom is -0.369 e. The second-order valence-corrected chi connectivity index (χ2v) is 11.0. The van der Waals surface area contributed by atoms with Crippen LogP contribution in [0.4, 0.5) is 5.69 Å². The van der Waals surface area contributed by atoms with E-state index in [1.54, 1.807) is 0 Å². The molecular formula is C30H29ClN6OS. The topological polar surface area (TPSA) is 66.3 Å². The highest BCUT2D eigenvalue weighted by molar-refractivity contribution is 7.20. The number of nitrogens with zero attached hydrogens (tertiary/aromatic N) is 5. The van der Waals surface area contributed by atoms with Crippen molar-refractivity contribution in [1.82, 2.24) is 25.0 Å². The van der Waals surface area contributed by atoms with Crippen molar-refractivity contribution < 1.29 is 4.79 Å². The summed E-state index contributed by atoms with van der Waals surface area (Å²) in [5.41, 5.74) is 4.02. The normalized spacial score (nSPS) is 14.1. The summed E-state index contributed by atoms with van der Waals surface area (Å²) in [6.07, 6.45) is 4.61. The van der Waals surface area contributed by atoms with Crippen LogP contribution >= 0.6 is 22.9 Å². The molecule has 1 amide bonds. The molecule has 9 heteroatoms. The van der Waals surface area contributed by atoms with E-state index in [2.05, 4.69) is 32.2 Å². The van der Waals surface area contributed by atoms with E-state index in [1.807, 2.05) is 77.7 Å². The largest absolute Gasteiger partial charge is 0.369 e. The molecule has 0 unspecified atom stereocenters. The molecule has 0 radical (unpaired) electrons. The van der Waals surface area contributed by atoms with Gasteiger partial charge in [-0.1, -0.05) is 41.9 Å². The molecule has 0 aliphatic carbocycles. The molecule has 2 aromatic carbocycles. The average Bonchev–Trinajstić information content (AvgIpc) is 3.57. The lowest BCUT2D eigenvalue weighted by atomic mass is 10.1. The van der Waals surface area contributed by atoms with Gasteiger partial charge >= 0.3 is 0 Å². The molecule has 1 aliphatic rings. The number of benzene rings is 2. The van der Waals surface area contributed by atoms with Gasteiger partial charge in [0.05, 0.1) is 10.6 Å². The molecule has 1 N–H and O–H groups in total. The molecular weight excluding hydrogens is 528 g/mol. The lowest BCUT2D eigenvalue weighted by Crippen LogP contribution is -2.47. The van der Waals surface area contributed by atoms with Gasteiger partial charge in [-0.3, -0.25) is 14.7 Å². The number of fused-ring (bicyclic) bond motifs is 1. The zero-order chi connectivity index (χ0) is 26.6. The van der Waals surface area contributed by atoms with Gasteiger partial charge in [0.15, 0.2) is 0 Å². The Balaban J connectivity index is 1.10. The molecule has 198 valence electrons. The van der Waals surface area contributed by atoms with Crippen LogP contribution in [0.5, 0.6) is 0 Å². The van der Waals surface area contributed by atoms with E-state index in [-0.39, 0.29) is 5.91 Å². The third-order valence-electron chi connectivity index (χ3n) is 7.04. The minimum atomic E-state index is -0.0413. The standard InChI is InChI=1S/C30H29ClN6OS/c31-23-7-9-25(10-8-23)37-30-26(28(34-37)22-5-2-1-3-6-22)21-27(39-30)29(38)33-13-4-16-35-17-19-36(20-18-35)24-11-14-32-15-12-24/h1-3,5-12,14-15,21H,4,13,16-20H2,(H,33,38). The fourth-order valence-electron chi connectivity index (χ4n) is 4.96. The monoisotopic (exact) mass is 556 g/mol. The zero-order valence-electron chi connectivity index (χ0n) is 21.5. The molecule has 0 spiro atoms. The van der Waals surface area contributed by atoms with E-state index in [0.29, 0.717) is 16.4 Å². The van der Waals surface area contributed by atoms with Crippen molar-refractivity contribution in [3.8, 4) is 16.9 Å². The number of hydrogen-bond acceptors (Lipinski definition) is 6. The van der Waals surface area contributed by atoms with Gasteiger partial charge in [-0.25, -0.2) is 4.68 Å². The third-order valence-corrected chi connectivity index (χ3v) is 8.40. The van der Waals surface area contributed by atoms with Crippen LogP contribution in [-0.2, 0) is 0 Å². The molecule has 6 rings (SSSR count). The highest BCUT2D eigenvalue weighted by Gasteiger charge is 2.20. The number of amides is 1. The number of piperazine rings is 1. The quantitative estimate of drug-likeness (QED) is 0.247. The summed E-state index contributed by atoms with van der Waals surface area (Å²) in [5, 5.41) is 9.69. The maximum atomic E-state index is 13.1. The van der Waals surface area contributed by atoms with Gasteiger partial charge in [0, 0.05) is 66.8 Å². The summed E-state index contributed by atoms with van der Waals surface area (Å²) in [7, 11) is 0. The number of aromatic nitrogens is 3. The Morgan fingerprint density at radius 3 is 2.41 bits per heavy atom. The molecule has 1 saturated heterocycles. The number of carbonyl (C=O) groups excluding carboxylic acids is 1. The van der Waals surface area contributed by atoms with Crippen molar-refractivity contribution >= 4 is 44.7 Å². The minimum absolute atomic E-state index is 0.0413. The van der Waals surface area contributed by atoms with Crippen molar-refractivity contribution in [3.05, 3.63) is 95.1 Å². The summed E-state index contributed by atoms with van der Waals surface area (Å²) in [5.74, 6) is -0.0413. The van der Waals surface area contributed by atoms with Crippen LogP contribution in [0.25, 0.3) is 27.2 Å². The lowest BCUT2D eigenvalue weighted by Gasteiger charge is -2.36. The smallest absolute Gasteiger partial charge is 0.261 e. The summed E-state index contributed by atoms with van der Waals surface area (Å²) in [6.45, 7) is 5.68. The summed E-state index contributed by atoms with van der Waals surface area (Å²) in [6, 6.07) is 23.8. The van der Waals surface area contributed by atoms with Gasteiger partial charge in [0.1, 0.15) is 10.5 Å². The number of thiophene rings is 1. The van der Waals surface area contributed by atoms with Gasteiger partial charge < -0.3 is 10.2 Å². The van der Waals surface area contributed by atoms with Crippen molar-refractivity contribution in [1.29, 1.82) is 0 Å². The van der Waals surface area contributed by atoms with E-state index < -0.39 is 0 Å². The van der Waals surface area contributed by atoms with Crippen LogP contribution < -0.4 is 10.2 Å². The Morgan fingerprint density at radius 1 is 0.923 bits per heavy atom. The van der Waals surface area contributed by atoms with E-state index in [9.17, 15) is 4.79 Å². The predicted octanol–water partition coefficient (Wildman–Crippen LogP) is 5.74. The van der Waals surface area contributed by atoms with Crippen molar-refractivity contribution in [3.63, 3.8) is 0 Å². The molecule has 5 aromatic rings. The Hall–Kier alpha value is -3.72. The van der Waals surface area contributed by atoms with E-state index >= 15 is 0 Å². The van der Waals surface area contributed by atoms with Gasteiger partial charge in [0.25, 0.3) is 5.91 Å². The second-order valence-electron chi connectivity index (χ2n) is 9.58. The molecule has 39 heavy (non-hydrogen) atoms. The average molecular weight is 557 g/mol. The number of hydrogen-bond donors (Lipinski definition) is 1. The number of rotatable bonds is 8. The first kappa shape index (κ1) is 25.6. The van der Waals surface area contributed by atoms with Crippen molar-refractivity contribution in [2.45, 2.75) is 6.42 Å². The first-order valence-electron chi connectivity index (χ1n) is 13.2. The maximum Gasteiger partial charge on any atom is 0.261 e. The molecule has 3 aromatic heterocycles. The van der Waals surface area contributed by atoms with Crippen molar-refractivity contribution in [2.75, 3.05) is 44.2 Å². The fourth-order valence-corrected chi connectivity index (χ4v) is 6.14. The molecule has 1 fully saturated rings. The SMILES string of the molecule is O=C(NCCCN1CCN(c2ccncc2)CC1)c1cc2c(-c3ccccc3)nn(-c3ccc(Cl)cc3)c2s1. The molecule has 0 bridgehead atoms. The number of carbonyl (C=O) groups is 1. The molecule has 4 heterocycles. The van der Waals surface area contributed by atoms with Crippen molar-refractivity contribution in [2.24, 2.45) is 0 Å². The van der Waals surface area contributed by atoms with Crippen LogP contribution in [0.3, 0.4) is 0 Å². The Morgan fingerprint density at radius 2 is 1.67 bits per heavy atom. The van der Waals surface area contributed by atoms with Crippen LogP contribution in [0.15, 0.2) is 85.2 Å². The number of anilines is 1. The summed E-state index contributed by atoms with van der Waals surface area (Å²) < 4.78 is 1.90. The summed E-state index contributed by atoms with van der Waals surface area (Å²) >= 11 is 7.58. The Kier molecular flexibility index (Phi) is 7.58. The molecule has 0 saturated carbocycles. The lowest BCUT2D eigenvalue weighted by molar-refractivity contribution is 0.0955. The molecule has 7 nitrogen and oxygen atoms in total. The van der Waals surface area contributed by atoms with Crippen LogP contribution in [-0.4, -0.2) is 64.8 Å². The number of halogens is 1. The van der Waals surface area contributed by atoms with Crippen LogP contribution in [0.2, 0.25) is 5.02 Å². The van der Waals surface area contributed by atoms with E-state index in [1.165, 1.54) is 17.0 Å². The van der Waals surface area contributed by atoms with Gasteiger partial charge in [-0.15, -0.1) is 11.3 Å². The highest BCUT2D eigenvalue weighted by Crippen LogP contribution is 2.35. The van der Waals surface area contributed by atoms with Crippen LogP contribution in [0, 0.1) is 0 Å². The Bertz CT molecular complexity index is 1540. The van der Waals surface area contributed by atoms with Gasteiger partial charge in [-0.2, -0.15) is 5.10 Å². The van der Waals surface area contributed by atoms with Gasteiger partial charge in [0.2, 0.25) is 0 Å². The number of pyridine rings is 1.